The van der Waals surface area contributed by atoms with Crippen molar-refractivity contribution in [3.05, 3.63) is 48.0 Å². The van der Waals surface area contributed by atoms with E-state index in [9.17, 15) is 13.2 Å². The van der Waals surface area contributed by atoms with Crippen LogP contribution in [0.5, 0.6) is 5.75 Å². The van der Waals surface area contributed by atoms with Gasteiger partial charge in [0, 0.05) is 11.1 Å². The Kier molecular flexibility index (Phi) is 5.31. The van der Waals surface area contributed by atoms with E-state index in [2.05, 4.69) is 20.2 Å². The molecule has 0 spiro atoms. The van der Waals surface area contributed by atoms with Gasteiger partial charge in [-0.25, -0.2) is 8.42 Å². The molecule has 3 N–H and O–H groups in total. The summed E-state index contributed by atoms with van der Waals surface area (Å²) in [6.45, 7) is 2.49. The normalized spacial score (nSPS) is 11.3. The second kappa shape index (κ2) is 7.67. The number of anilines is 2. The summed E-state index contributed by atoms with van der Waals surface area (Å²) < 4.78 is 30.6. The van der Waals surface area contributed by atoms with E-state index in [4.69, 9.17) is 4.74 Å². The first-order valence-electron chi connectivity index (χ1n) is 8.31. The molecule has 8 nitrogen and oxygen atoms in total. The van der Waals surface area contributed by atoms with E-state index in [-0.39, 0.29) is 12.3 Å². The van der Waals surface area contributed by atoms with Crippen molar-refractivity contribution in [1.82, 2.24) is 10.2 Å². The lowest BCUT2D eigenvalue weighted by Crippen LogP contribution is -2.15. The molecule has 0 saturated carbocycles. The molecular formula is C18H20N4O4S. The van der Waals surface area contributed by atoms with Crippen LogP contribution in [0.15, 0.2) is 42.5 Å². The van der Waals surface area contributed by atoms with Crippen LogP contribution < -0.4 is 14.8 Å². The first-order valence-corrected chi connectivity index (χ1v) is 10.2. The van der Waals surface area contributed by atoms with Crippen LogP contribution in [-0.2, 0) is 21.2 Å². The molecule has 3 rings (SSSR count). The molecule has 142 valence electrons. The first-order chi connectivity index (χ1) is 12.8. The molecule has 0 fully saturated rings. The molecule has 0 bridgehead atoms. The Morgan fingerprint density at radius 1 is 1.19 bits per heavy atom. The fraction of sp³-hybridized carbons (Fsp3) is 0.222. The van der Waals surface area contributed by atoms with Crippen LogP contribution in [0.1, 0.15) is 12.5 Å². The predicted octanol–water partition coefficient (Wildman–Crippen LogP) is 2.51. The third-order valence-electron chi connectivity index (χ3n) is 3.72. The molecule has 0 aliphatic heterocycles. The number of carbonyl (C=O) groups excluding carboxylic acids is 1. The topological polar surface area (TPSA) is 113 Å². The molecule has 0 radical (unpaired) electrons. The van der Waals surface area contributed by atoms with Gasteiger partial charge in [0.05, 0.1) is 24.8 Å². The zero-order valence-corrected chi connectivity index (χ0v) is 15.8. The van der Waals surface area contributed by atoms with Gasteiger partial charge in [0.2, 0.25) is 15.9 Å². The molecule has 0 unspecified atom stereocenters. The van der Waals surface area contributed by atoms with Gasteiger partial charge in [-0.15, -0.1) is 0 Å². The average molecular weight is 388 g/mol. The minimum atomic E-state index is -3.39. The molecule has 0 saturated heterocycles. The van der Waals surface area contributed by atoms with Gasteiger partial charge in [-0.3, -0.25) is 14.6 Å². The van der Waals surface area contributed by atoms with E-state index in [1.54, 1.807) is 18.2 Å². The smallest absolute Gasteiger partial charge is 0.230 e. The lowest BCUT2D eigenvalue weighted by Gasteiger charge is -2.06. The van der Waals surface area contributed by atoms with Crippen LogP contribution in [0, 0.1) is 0 Å². The third-order valence-corrected chi connectivity index (χ3v) is 4.33. The number of hydrogen-bond acceptors (Lipinski definition) is 5. The highest BCUT2D eigenvalue weighted by molar-refractivity contribution is 7.92. The van der Waals surface area contributed by atoms with Gasteiger partial charge in [0.25, 0.3) is 0 Å². The van der Waals surface area contributed by atoms with E-state index in [0.717, 1.165) is 17.6 Å². The third kappa shape index (κ3) is 4.98. The second-order valence-electron chi connectivity index (χ2n) is 6.01. The van der Waals surface area contributed by atoms with E-state index >= 15 is 0 Å². The summed E-state index contributed by atoms with van der Waals surface area (Å²) in [5, 5.41) is 10.3. The van der Waals surface area contributed by atoms with Crippen LogP contribution in [0.25, 0.3) is 10.9 Å². The molecule has 1 heterocycles. The largest absolute Gasteiger partial charge is 0.494 e. The Morgan fingerprint density at radius 2 is 1.93 bits per heavy atom. The highest BCUT2D eigenvalue weighted by Gasteiger charge is 2.12. The highest BCUT2D eigenvalue weighted by atomic mass is 32.2. The van der Waals surface area contributed by atoms with Crippen molar-refractivity contribution in [2.24, 2.45) is 0 Å². The van der Waals surface area contributed by atoms with E-state index in [1.807, 2.05) is 31.2 Å². The van der Waals surface area contributed by atoms with Crippen molar-refractivity contribution in [1.29, 1.82) is 0 Å². The molecule has 1 amide bonds. The van der Waals surface area contributed by atoms with Crippen molar-refractivity contribution in [2.45, 2.75) is 13.3 Å². The number of fused-ring (bicyclic) bond motifs is 1. The number of H-pyrrole nitrogens is 1. The lowest BCUT2D eigenvalue weighted by atomic mass is 10.1. The number of benzene rings is 2. The number of amides is 1. The summed E-state index contributed by atoms with van der Waals surface area (Å²) in [6, 6.07) is 12.2. The molecule has 3 aromatic rings. The summed E-state index contributed by atoms with van der Waals surface area (Å²) in [4.78, 5) is 12.3. The number of aromatic amines is 1. The fourth-order valence-corrected chi connectivity index (χ4v) is 3.17. The van der Waals surface area contributed by atoms with Gasteiger partial charge in [-0.05, 0) is 42.8 Å². The highest BCUT2D eigenvalue weighted by Crippen LogP contribution is 2.24. The van der Waals surface area contributed by atoms with E-state index in [0.29, 0.717) is 29.0 Å². The van der Waals surface area contributed by atoms with Crippen LogP contribution in [-0.4, -0.2) is 37.4 Å². The number of sulfonamides is 1. The minimum absolute atomic E-state index is 0.183. The molecule has 27 heavy (non-hydrogen) atoms. The van der Waals surface area contributed by atoms with Crippen LogP contribution in [0.2, 0.25) is 0 Å². The van der Waals surface area contributed by atoms with Crippen molar-refractivity contribution >= 4 is 38.3 Å². The summed E-state index contributed by atoms with van der Waals surface area (Å²) in [5.41, 5.74) is 1.93. The Labute approximate surface area is 157 Å². The number of carbonyl (C=O) groups is 1. The number of nitrogens with zero attached hydrogens (tertiary/aromatic N) is 1. The maximum absolute atomic E-state index is 12.3. The van der Waals surface area contributed by atoms with Crippen molar-refractivity contribution < 1.29 is 17.9 Å². The predicted molar refractivity (Wildman–Crippen MR) is 105 cm³/mol. The molecule has 0 aliphatic carbocycles. The maximum atomic E-state index is 12.3. The number of aromatic nitrogens is 2. The van der Waals surface area contributed by atoms with Gasteiger partial charge in [0.15, 0.2) is 5.82 Å². The van der Waals surface area contributed by atoms with E-state index < -0.39 is 10.0 Å². The Hall–Kier alpha value is -3.07. The maximum Gasteiger partial charge on any atom is 0.230 e. The van der Waals surface area contributed by atoms with Crippen molar-refractivity contribution in [3.8, 4) is 5.75 Å². The second-order valence-corrected chi connectivity index (χ2v) is 7.76. The minimum Gasteiger partial charge on any atom is -0.494 e. The molecule has 0 aliphatic rings. The summed E-state index contributed by atoms with van der Waals surface area (Å²) in [5.74, 6) is 0.873. The van der Waals surface area contributed by atoms with Gasteiger partial charge >= 0.3 is 0 Å². The Bertz CT molecular complexity index is 1060. The quantitative estimate of drug-likeness (QED) is 0.576. The fourth-order valence-electron chi connectivity index (χ4n) is 2.62. The van der Waals surface area contributed by atoms with Gasteiger partial charge < -0.3 is 10.1 Å². The standard InChI is InChI=1S/C18H20N4O4S/c1-3-26-14-7-4-12(5-8-14)10-17(23)19-18-15-11-13(22-27(2,24)25)6-9-16(15)20-21-18/h4-9,11,22H,3,10H2,1-2H3,(H2,19,20,21,23). The van der Waals surface area contributed by atoms with E-state index in [1.165, 1.54) is 0 Å². The van der Waals surface area contributed by atoms with Gasteiger partial charge in [-0.2, -0.15) is 5.10 Å². The monoisotopic (exact) mass is 388 g/mol. The molecule has 2 aromatic carbocycles. The summed E-state index contributed by atoms with van der Waals surface area (Å²) >= 11 is 0. The molecule has 0 atom stereocenters. The first kappa shape index (κ1) is 18.7. The molecular weight excluding hydrogens is 368 g/mol. The van der Waals surface area contributed by atoms with Crippen LogP contribution in [0.4, 0.5) is 11.5 Å². The van der Waals surface area contributed by atoms with Gasteiger partial charge in [0.1, 0.15) is 5.75 Å². The average Bonchev–Trinajstić information content (AvgIpc) is 2.98. The zero-order chi connectivity index (χ0) is 19.4. The summed E-state index contributed by atoms with van der Waals surface area (Å²) in [6.07, 6.45) is 1.26. The lowest BCUT2D eigenvalue weighted by molar-refractivity contribution is -0.115. The van der Waals surface area contributed by atoms with Crippen LogP contribution in [0.3, 0.4) is 0 Å². The van der Waals surface area contributed by atoms with Gasteiger partial charge in [-0.1, -0.05) is 12.1 Å². The van der Waals surface area contributed by atoms with Crippen molar-refractivity contribution in [2.75, 3.05) is 22.9 Å². The van der Waals surface area contributed by atoms with Crippen molar-refractivity contribution in [3.63, 3.8) is 0 Å². The number of nitrogens with one attached hydrogen (secondary N) is 3. The van der Waals surface area contributed by atoms with Crippen LogP contribution >= 0.6 is 0 Å². The Balaban J connectivity index is 1.73. The SMILES string of the molecule is CCOc1ccc(CC(=O)Nc2n[nH]c3ccc(NS(C)(=O)=O)cc23)cc1. The molecule has 1 aromatic heterocycles. The molecule has 9 heteroatoms. The Morgan fingerprint density at radius 3 is 2.59 bits per heavy atom. The zero-order valence-electron chi connectivity index (χ0n) is 14.9. The number of hydrogen-bond donors (Lipinski definition) is 3. The summed E-state index contributed by atoms with van der Waals surface area (Å²) in [7, 11) is -3.39. The number of ether oxygens (including phenoxy) is 1. The number of rotatable bonds is 7.